The Hall–Kier alpha value is -2.31. The molecule has 1 fully saturated rings. The molecule has 0 radical (unpaired) electrons. The van der Waals surface area contributed by atoms with Crippen molar-refractivity contribution in [2.75, 3.05) is 13.1 Å². The summed E-state index contributed by atoms with van der Waals surface area (Å²) < 4.78 is 4.73. The number of aromatic nitrogens is 4. The lowest BCUT2D eigenvalue weighted by molar-refractivity contribution is 0.146. The number of benzene rings is 1. The lowest BCUT2D eigenvalue weighted by Crippen LogP contribution is -2.34. The average Bonchev–Trinajstić information content (AvgIpc) is 3.01. The normalized spacial score (nSPS) is 16.0. The van der Waals surface area contributed by atoms with Crippen molar-refractivity contribution in [2.24, 2.45) is 5.92 Å². The molecule has 1 aliphatic rings. The van der Waals surface area contributed by atoms with Gasteiger partial charge in [-0.3, -0.25) is 14.5 Å². The molecule has 0 bridgehead atoms. The third-order valence-corrected chi connectivity index (χ3v) is 5.40. The summed E-state index contributed by atoms with van der Waals surface area (Å²) in [6.07, 6.45) is 6.06. The number of rotatable bonds is 4. The summed E-state index contributed by atoms with van der Waals surface area (Å²) in [4.78, 5) is 6.56. The van der Waals surface area contributed by atoms with Gasteiger partial charge in [-0.25, -0.2) is 4.68 Å². The lowest BCUT2D eigenvalue weighted by atomic mass is 10.00. The number of likely N-dealkylation sites (tertiary alicyclic amines) is 1. The van der Waals surface area contributed by atoms with Gasteiger partial charge >= 0.3 is 0 Å². The number of para-hydroxylation sites is 1. The molecule has 1 saturated heterocycles. The summed E-state index contributed by atoms with van der Waals surface area (Å²) in [5.74, 6) is 1.67. The van der Waals surface area contributed by atoms with Crippen LogP contribution in [0.4, 0.5) is 0 Å². The second-order valence-electron chi connectivity index (χ2n) is 6.95. The average molecular weight is 366 g/mol. The lowest BCUT2D eigenvalue weighted by Gasteiger charge is -2.29. The van der Waals surface area contributed by atoms with Crippen molar-refractivity contribution < 1.29 is 0 Å². The molecular weight excluding hydrogens is 342 g/mol. The molecule has 4 rings (SSSR count). The zero-order valence-electron chi connectivity index (χ0n) is 15.0. The van der Waals surface area contributed by atoms with E-state index in [9.17, 15) is 0 Å². The van der Waals surface area contributed by atoms with Gasteiger partial charge < -0.3 is 0 Å². The molecule has 134 valence electrons. The van der Waals surface area contributed by atoms with E-state index in [4.69, 9.17) is 17.3 Å². The monoisotopic (exact) mass is 365 g/mol. The molecule has 0 saturated carbocycles. The largest absolute Gasteiger partial charge is 0.284 e. The van der Waals surface area contributed by atoms with E-state index in [1.165, 1.54) is 12.8 Å². The quantitative estimate of drug-likeness (QED) is 0.651. The molecular formula is C20H23N5S. The van der Waals surface area contributed by atoms with E-state index in [1.807, 2.05) is 35.0 Å². The summed E-state index contributed by atoms with van der Waals surface area (Å²) in [6.45, 7) is 5.27. The van der Waals surface area contributed by atoms with Gasteiger partial charge in [-0.2, -0.15) is 0 Å². The van der Waals surface area contributed by atoms with Crippen LogP contribution < -0.4 is 0 Å². The van der Waals surface area contributed by atoms with Gasteiger partial charge in [0.2, 0.25) is 4.77 Å². The van der Waals surface area contributed by atoms with Crippen LogP contribution in [0.2, 0.25) is 0 Å². The van der Waals surface area contributed by atoms with Crippen LogP contribution in [-0.4, -0.2) is 37.3 Å². The molecule has 6 heteroatoms. The zero-order valence-corrected chi connectivity index (χ0v) is 15.8. The van der Waals surface area contributed by atoms with Crippen LogP contribution in [0.5, 0.6) is 0 Å². The van der Waals surface area contributed by atoms with Gasteiger partial charge in [-0.1, -0.05) is 25.1 Å². The highest BCUT2D eigenvalue weighted by atomic mass is 32.1. The van der Waals surface area contributed by atoms with Gasteiger partial charge in [0.05, 0.1) is 6.67 Å². The molecule has 26 heavy (non-hydrogen) atoms. The van der Waals surface area contributed by atoms with E-state index < -0.39 is 0 Å². The number of hydrogen-bond donors (Lipinski definition) is 0. The zero-order chi connectivity index (χ0) is 17.9. The van der Waals surface area contributed by atoms with Crippen molar-refractivity contribution in [1.82, 2.24) is 24.2 Å². The maximum atomic E-state index is 5.81. The van der Waals surface area contributed by atoms with Gasteiger partial charge in [-0.15, -0.1) is 5.10 Å². The molecule has 1 aromatic carbocycles. The van der Waals surface area contributed by atoms with Crippen molar-refractivity contribution in [3.8, 4) is 17.1 Å². The summed E-state index contributed by atoms with van der Waals surface area (Å²) >= 11 is 5.81. The fraction of sp³-hybridized carbons (Fsp3) is 0.350. The van der Waals surface area contributed by atoms with Crippen molar-refractivity contribution in [1.29, 1.82) is 0 Å². The molecule has 0 amide bonds. The van der Waals surface area contributed by atoms with Gasteiger partial charge in [0.25, 0.3) is 0 Å². The highest BCUT2D eigenvalue weighted by molar-refractivity contribution is 7.71. The molecule has 3 heterocycles. The van der Waals surface area contributed by atoms with Crippen LogP contribution >= 0.6 is 12.2 Å². The number of hydrogen-bond acceptors (Lipinski definition) is 4. The van der Waals surface area contributed by atoms with E-state index >= 15 is 0 Å². The van der Waals surface area contributed by atoms with Crippen LogP contribution in [0.25, 0.3) is 17.1 Å². The van der Waals surface area contributed by atoms with E-state index in [0.29, 0.717) is 0 Å². The Balaban J connectivity index is 1.75. The SMILES string of the molecule is CC1CCN(Cn2nc(-c3ccncc3)n(-c3ccccc3)c2=S)CC1. The molecule has 0 atom stereocenters. The van der Waals surface area contributed by atoms with Crippen molar-refractivity contribution in [3.63, 3.8) is 0 Å². The Bertz CT molecular complexity index is 908. The van der Waals surface area contributed by atoms with E-state index in [-0.39, 0.29) is 0 Å². The Labute approximate surface area is 158 Å². The first kappa shape index (κ1) is 17.1. The first-order valence-electron chi connectivity index (χ1n) is 9.10. The second-order valence-corrected chi connectivity index (χ2v) is 7.32. The topological polar surface area (TPSA) is 38.9 Å². The van der Waals surface area contributed by atoms with Gasteiger partial charge in [-0.05, 0) is 55.2 Å². The van der Waals surface area contributed by atoms with Gasteiger partial charge in [0.1, 0.15) is 0 Å². The van der Waals surface area contributed by atoms with Gasteiger partial charge in [0.15, 0.2) is 5.82 Å². The molecule has 5 nitrogen and oxygen atoms in total. The highest BCUT2D eigenvalue weighted by Crippen LogP contribution is 2.23. The molecule has 0 aliphatic carbocycles. The number of nitrogens with zero attached hydrogens (tertiary/aromatic N) is 5. The van der Waals surface area contributed by atoms with E-state index in [1.54, 1.807) is 12.4 Å². The van der Waals surface area contributed by atoms with Crippen LogP contribution in [-0.2, 0) is 6.67 Å². The predicted octanol–water partition coefficient (Wildman–Crippen LogP) is 4.15. The standard InChI is InChI=1S/C20H23N5S/c1-16-9-13-23(14-10-16)15-24-20(26)25(18-5-3-2-4-6-18)19(22-24)17-7-11-21-12-8-17/h2-8,11-12,16H,9-10,13-15H2,1H3. The molecule has 0 spiro atoms. The third kappa shape index (κ3) is 3.48. The Morgan fingerprint density at radius 1 is 1.04 bits per heavy atom. The molecule has 2 aromatic heterocycles. The maximum absolute atomic E-state index is 5.81. The van der Waals surface area contributed by atoms with Crippen LogP contribution in [0, 0.1) is 10.7 Å². The summed E-state index contributed by atoms with van der Waals surface area (Å²) in [5.41, 5.74) is 2.05. The number of pyridine rings is 1. The minimum absolute atomic E-state index is 0.724. The van der Waals surface area contributed by atoms with Crippen LogP contribution in [0.3, 0.4) is 0 Å². The molecule has 0 unspecified atom stereocenters. The summed E-state index contributed by atoms with van der Waals surface area (Å²) in [6, 6.07) is 14.1. The molecule has 3 aromatic rings. The summed E-state index contributed by atoms with van der Waals surface area (Å²) in [7, 11) is 0. The first-order valence-corrected chi connectivity index (χ1v) is 9.51. The van der Waals surface area contributed by atoms with Gasteiger partial charge in [0, 0.05) is 36.7 Å². The Kier molecular flexibility index (Phi) is 4.95. The second kappa shape index (κ2) is 7.51. The minimum Gasteiger partial charge on any atom is -0.284 e. The fourth-order valence-corrected chi connectivity index (χ4v) is 3.68. The van der Waals surface area contributed by atoms with Crippen LogP contribution in [0.1, 0.15) is 19.8 Å². The van der Waals surface area contributed by atoms with E-state index in [0.717, 1.165) is 47.5 Å². The predicted molar refractivity (Wildman–Crippen MR) is 106 cm³/mol. The maximum Gasteiger partial charge on any atom is 0.204 e. The molecule has 1 aliphatic heterocycles. The summed E-state index contributed by atoms with van der Waals surface area (Å²) in [5, 5.41) is 4.88. The van der Waals surface area contributed by atoms with Crippen molar-refractivity contribution in [3.05, 3.63) is 59.6 Å². The molecule has 0 N–H and O–H groups in total. The number of piperidine rings is 1. The third-order valence-electron chi connectivity index (χ3n) is 5.00. The van der Waals surface area contributed by atoms with E-state index in [2.05, 4.69) is 33.5 Å². The van der Waals surface area contributed by atoms with Crippen molar-refractivity contribution >= 4 is 12.2 Å². The fourth-order valence-electron chi connectivity index (χ4n) is 3.39. The minimum atomic E-state index is 0.724. The Morgan fingerprint density at radius 3 is 2.42 bits per heavy atom. The van der Waals surface area contributed by atoms with Crippen LogP contribution in [0.15, 0.2) is 54.9 Å². The smallest absolute Gasteiger partial charge is 0.204 e. The first-order chi connectivity index (χ1) is 12.7. The van der Waals surface area contributed by atoms with Crippen molar-refractivity contribution in [2.45, 2.75) is 26.4 Å². The Morgan fingerprint density at radius 2 is 1.73 bits per heavy atom. The highest BCUT2D eigenvalue weighted by Gasteiger charge is 2.19.